The summed E-state index contributed by atoms with van der Waals surface area (Å²) < 4.78 is 9.19. The Hall–Kier alpha value is -2.34. The van der Waals surface area contributed by atoms with Crippen molar-refractivity contribution in [1.82, 2.24) is 5.32 Å². The van der Waals surface area contributed by atoms with Gasteiger partial charge in [0.2, 0.25) is 0 Å². The second-order valence-corrected chi connectivity index (χ2v) is 4.63. The first-order chi connectivity index (χ1) is 10.4. The molecule has 0 aliphatic heterocycles. The minimum absolute atomic E-state index is 0.140. The molecule has 6 nitrogen and oxygen atoms in total. The van der Waals surface area contributed by atoms with Crippen LogP contribution in [0, 0.1) is 6.92 Å². The first-order valence-electron chi connectivity index (χ1n) is 6.50. The number of carbonyl (C=O) groups is 3. The highest BCUT2D eigenvalue weighted by atomic mass is 35.5. The molecule has 0 aromatic heterocycles. The Morgan fingerprint density at radius 1 is 1.27 bits per heavy atom. The number of benzene rings is 1. The van der Waals surface area contributed by atoms with Crippen molar-refractivity contribution in [3.8, 4) is 0 Å². The molecule has 0 saturated heterocycles. The van der Waals surface area contributed by atoms with E-state index in [2.05, 4.69) is 9.47 Å². The molecule has 0 bridgehead atoms. The second kappa shape index (κ2) is 8.84. The number of esters is 1. The van der Waals surface area contributed by atoms with Gasteiger partial charge in [-0.3, -0.25) is 10.1 Å². The number of halogens is 1. The number of carbonyl (C=O) groups excluding carboxylic acids is 3. The van der Waals surface area contributed by atoms with Gasteiger partial charge in [0.1, 0.15) is 0 Å². The van der Waals surface area contributed by atoms with E-state index in [0.29, 0.717) is 5.02 Å². The summed E-state index contributed by atoms with van der Waals surface area (Å²) in [4.78, 5) is 33.7. The molecule has 2 amide bonds. The minimum Gasteiger partial charge on any atom is -0.452 e. The topological polar surface area (TPSA) is 81.7 Å². The summed E-state index contributed by atoms with van der Waals surface area (Å²) in [6.45, 7) is 3.04. The summed E-state index contributed by atoms with van der Waals surface area (Å²) in [5, 5.41) is 2.49. The van der Waals surface area contributed by atoms with E-state index in [1.54, 1.807) is 19.1 Å². The molecule has 1 aromatic carbocycles. The number of hydrogen-bond acceptors (Lipinski definition) is 5. The maximum absolute atomic E-state index is 11.4. The van der Waals surface area contributed by atoms with Crippen LogP contribution in [0.25, 0.3) is 6.08 Å². The summed E-state index contributed by atoms with van der Waals surface area (Å²) >= 11 is 5.96. The molecule has 0 aliphatic carbocycles. The standard InChI is InChI=1S/C15H16ClNO5/c1-3-21-15(20)17-13(18)9-22-14(19)7-6-11-5-4-10(2)12(16)8-11/h4-8H,3,9H2,1-2H3,(H,17,18,20)/b7-6+. The molecule has 0 saturated carbocycles. The summed E-state index contributed by atoms with van der Waals surface area (Å²) in [6.07, 6.45) is 1.80. The fourth-order valence-corrected chi connectivity index (χ4v) is 1.57. The quantitative estimate of drug-likeness (QED) is 0.664. The monoisotopic (exact) mass is 325 g/mol. The maximum atomic E-state index is 11.4. The molecule has 1 rings (SSSR count). The van der Waals surface area contributed by atoms with Gasteiger partial charge in [-0.05, 0) is 37.1 Å². The molecule has 118 valence electrons. The smallest absolute Gasteiger partial charge is 0.413 e. The zero-order valence-electron chi connectivity index (χ0n) is 12.2. The highest BCUT2D eigenvalue weighted by Crippen LogP contribution is 2.17. The molecule has 0 radical (unpaired) electrons. The lowest BCUT2D eigenvalue weighted by Crippen LogP contribution is -2.34. The van der Waals surface area contributed by atoms with Crippen LogP contribution in [-0.4, -0.2) is 31.2 Å². The molecule has 7 heteroatoms. The molecule has 0 atom stereocenters. The van der Waals surface area contributed by atoms with Gasteiger partial charge < -0.3 is 9.47 Å². The van der Waals surface area contributed by atoms with Crippen LogP contribution in [-0.2, 0) is 19.1 Å². The lowest BCUT2D eigenvalue weighted by molar-refractivity contribution is -0.143. The van der Waals surface area contributed by atoms with Gasteiger partial charge in [0.15, 0.2) is 6.61 Å². The molecule has 0 spiro atoms. The first-order valence-corrected chi connectivity index (χ1v) is 6.87. The van der Waals surface area contributed by atoms with Gasteiger partial charge in [-0.15, -0.1) is 0 Å². The van der Waals surface area contributed by atoms with Gasteiger partial charge in [0.25, 0.3) is 5.91 Å². The van der Waals surface area contributed by atoms with E-state index in [1.807, 2.05) is 18.3 Å². The molecule has 1 aromatic rings. The Labute approximate surface area is 133 Å². The number of nitrogens with one attached hydrogen (secondary N) is 1. The predicted molar refractivity (Wildman–Crippen MR) is 81.3 cm³/mol. The predicted octanol–water partition coefficient (Wildman–Crippen LogP) is 2.48. The minimum atomic E-state index is -0.881. The second-order valence-electron chi connectivity index (χ2n) is 4.22. The van der Waals surface area contributed by atoms with Gasteiger partial charge in [-0.25, -0.2) is 9.59 Å². The van der Waals surface area contributed by atoms with Crippen LogP contribution < -0.4 is 5.32 Å². The van der Waals surface area contributed by atoms with E-state index in [1.165, 1.54) is 12.2 Å². The van der Waals surface area contributed by atoms with E-state index in [9.17, 15) is 14.4 Å². The van der Waals surface area contributed by atoms with Crippen molar-refractivity contribution in [2.75, 3.05) is 13.2 Å². The summed E-state index contributed by atoms with van der Waals surface area (Å²) in [5.41, 5.74) is 1.65. The molecule has 0 unspecified atom stereocenters. The van der Waals surface area contributed by atoms with Gasteiger partial charge in [-0.1, -0.05) is 23.7 Å². The fourth-order valence-electron chi connectivity index (χ4n) is 1.38. The summed E-state index contributed by atoms with van der Waals surface area (Å²) in [7, 11) is 0. The lowest BCUT2D eigenvalue weighted by Gasteiger charge is -2.04. The number of imide groups is 1. The molecule has 22 heavy (non-hydrogen) atoms. The number of alkyl carbamates (subject to hydrolysis) is 1. The van der Waals surface area contributed by atoms with Crippen molar-refractivity contribution in [2.45, 2.75) is 13.8 Å². The highest BCUT2D eigenvalue weighted by Gasteiger charge is 2.09. The van der Waals surface area contributed by atoms with Crippen molar-refractivity contribution >= 4 is 35.6 Å². The molecule has 0 heterocycles. The van der Waals surface area contributed by atoms with E-state index in [0.717, 1.165) is 11.1 Å². The Kier molecular flexibility index (Phi) is 7.12. The van der Waals surface area contributed by atoms with Crippen LogP contribution in [0.1, 0.15) is 18.1 Å². The fraction of sp³-hybridized carbons (Fsp3) is 0.267. The van der Waals surface area contributed by atoms with Crippen molar-refractivity contribution in [3.05, 3.63) is 40.4 Å². The zero-order valence-corrected chi connectivity index (χ0v) is 13.0. The normalized spacial score (nSPS) is 10.3. The molecule has 1 N–H and O–H groups in total. The van der Waals surface area contributed by atoms with Crippen LogP contribution in [0.4, 0.5) is 4.79 Å². The highest BCUT2D eigenvalue weighted by molar-refractivity contribution is 6.31. The van der Waals surface area contributed by atoms with Crippen LogP contribution in [0.5, 0.6) is 0 Å². The van der Waals surface area contributed by atoms with Crippen molar-refractivity contribution < 1.29 is 23.9 Å². The average Bonchev–Trinajstić information content (AvgIpc) is 2.46. The average molecular weight is 326 g/mol. The molecular formula is C15H16ClNO5. The molecule has 0 aliphatic rings. The van der Waals surface area contributed by atoms with Crippen molar-refractivity contribution in [2.24, 2.45) is 0 Å². The van der Waals surface area contributed by atoms with Crippen LogP contribution >= 0.6 is 11.6 Å². The van der Waals surface area contributed by atoms with Gasteiger partial charge in [-0.2, -0.15) is 0 Å². The lowest BCUT2D eigenvalue weighted by atomic mass is 10.1. The Morgan fingerprint density at radius 3 is 2.64 bits per heavy atom. The first kappa shape index (κ1) is 17.7. The van der Waals surface area contributed by atoms with E-state index in [4.69, 9.17) is 11.6 Å². The maximum Gasteiger partial charge on any atom is 0.413 e. The van der Waals surface area contributed by atoms with Gasteiger partial charge >= 0.3 is 12.1 Å². The van der Waals surface area contributed by atoms with Crippen molar-refractivity contribution in [1.29, 1.82) is 0 Å². The third kappa shape index (κ3) is 6.41. The van der Waals surface area contributed by atoms with Crippen LogP contribution in [0.3, 0.4) is 0 Å². The Bertz CT molecular complexity index is 598. The number of aryl methyl sites for hydroxylation is 1. The van der Waals surface area contributed by atoms with Crippen LogP contribution in [0.2, 0.25) is 5.02 Å². The number of rotatable bonds is 5. The Morgan fingerprint density at radius 2 is 2.00 bits per heavy atom. The van der Waals surface area contributed by atoms with E-state index < -0.39 is 24.6 Å². The number of amides is 2. The van der Waals surface area contributed by atoms with Gasteiger partial charge in [0.05, 0.1) is 6.61 Å². The van der Waals surface area contributed by atoms with Crippen LogP contribution in [0.15, 0.2) is 24.3 Å². The van der Waals surface area contributed by atoms with Crippen molar-refractivity contribution in [3.63, 3.8) is 0 Å². The SMILES string of the molecule is CCOC(=O)NC(=O)COC(=O)/C=C/c1ccc(C)c(Cl)c1. The number of hydrogen-bond donors (Lipinski definition) is 1. The Balaban J connectivity index is 2.42. The third-order valence-corrected chi connectivity index (χ3v) is 2.88. The largest absolute Gasteiger partial charge is 0.452 e. The molecule has 0 fully saturated rings. The number of ether oxygens (including phenoxy) is 2. The summed E-state index contributed by atoms with van der Waals surface area (Å²) in [6, 6.07) is 5.31. The third-order valence-electron chi connectivity index (χ3n) is 2.47. The van der Waals surface area contributed by atoms with E-state index in [-0.39, 0.29) is 6.61 Å². The zero-order chi connectivity index (χ0) is 16.5. The van der Waals surface area contributed by atoms with E-state index >= 15 is 0 Å². The molecular weight excluding hydrogens is 310 g/mol. The van der Waals surface area contributed by atoms with Gasteiger partial charge in [0, 0.05) is 11.1 Å². The summed E-state index contributed by atoms with van der Waals surface area (Å²) in [5.74, 6) is -1.48.